The van der Waals surface area contributed by atoms with Gasteiger partial charge in [0, 0.05) is 6.54 Å². The minimum atomic E-state index is -0.274. The Morgan fingerprint density at radius 2 is 2.20 bits per heavy atom. The average Bonchev–Trinajstić information content (AvgIpc) is 2.14. The van der Waals surface area contributed by atoms with Crippen molar-refractivity contribution in [2.45, 2.75) is 33.2 Å². The highest BCUT2D eigenvalue weighted by Gasteiger charge is 2.28. The lowest BCUT2D eigenvalue weighted by Crippen LogP contribution is -2.52. The molecule has 2 N–H and O–H groups in total. The van der Waals surface area contributed by atoms with Crippen LogP contribution < -0.4 is 5.73 Å². The van der Waals surface area contributed by atoms with Crippen molar-refractivity contribution >= 4 is 5.91 Å². The Labute approximate surface area is 91.8 Å². The van der Waals surface area contributed by atoms with Gasteiger partial charge in [-0.1, -0.05) is 20.8 Å². The molecule has 0 aromatic heterocycles. The van der Waals surface area contributed by atoms with Crippen LogP contribution in [0.5, 0.6) is 0 Å². The van der Waals surface area contributed by atoms with Crippen molar-refractivity contribution in [2.24, 2.45) is 11.1 Å². The van der Waals surface area contributed by atoms with Gasteiger partial charge >= 0.3 is 0 Å². The molecule has 0 aromatic rings. The summed E-state index contributed by atoms with van der Waals surface area (Å²) in [4.78, 5) is 13.3. The summed E-state index contributed by atoms with van der Waals surface area (Å²) in [6, 6.07) is -0.235. The molecule has 4 nitrogen and oxygen atoms in total. The first kappa shape index (κ1) is 12.5. The van der Waals surface area contributed by atoms with E-state index in [1.165, 1.54) is 0 Å². The molecule has 1 atom stereocenters. The Balaban J connectivity index is 2.46. The van der Waals surface area contributed by atoms with E-state index >= 15 is 0 Å². The van der Waals surface area contributed by atoms with E-state index in [0.29, 0.717) is 18.6 Å². The number of ether oxygens (including phenoxy) is 1. The number of nitrogens with zero attached hydrogens (tertiary/aromatic N) is 1. The molecule has 0 aliphatic carbocycles. The molecule has 1 amide bonds. The van der Waals surface area contributed by atoms with Gasteiger partial charge in [-0.05, 0) is 18.4 Å². The van der Waals surface area contributed by atoms with Crippen LogP contribution in [0.25, 0.3) is 0 Å². The van der Waals surface area contributed by atoms with Crippen molar-refractivity contribution in [3.8, 4) is 0 Å². The van der Waals surface area contributed by atoms with Gasteiger partial charge < -0.3 is 10.5 Å². The number of hydrogen-bond acceptors (Lipinski definition) is 3. The number of morpholine rings is 1. The highest BCUT2D eigenvalue weighted by Crippen LogP contribution is 2.20. The van der Waals surface area contributed by atoms with E-state index in [9.17, 15) is 4.79 Å². The fourth-order valence-corrected chi connectivity index (χ4v) is 1.65. The molecule has 0 saturated carbocycles. The fraction of sp³-hybridized carbons (Fsp3) is 0.909. The van der Waals surface area contributed by atoms with Gasteiger partial charge in [-0.2, -0.15) is 0 Å². The fourth-order valence-electron chi connectivity index (χ4n) is 1.65. The average molecular weight is 214 g/mol. The SMILES string of the molecule is CC(C)(C)CCN1CCOC[C@H]1C(N)=O. The molecular weight excluding hydrogens is 192 g/mol. The van der Waals surface area contributed by atoms with Gasteiger partial charge in [-0.15, -0.1) is 0 Å². The molecule has 1 aliphatic heterocycles. The lowest BCUT2D eigenvalue weighted by molar-refractivity contribution is -0.129. The molecule has 1 aliphatic rings. The van der Waals surface area contributed by atoms with Crippen LogP contribution in [0.3, 0.4) is 0 Å². The molecule has 0 bridgehead atoms. The lowest BCUT2D eigenvalue weighted by atomic mass is 9.92. The van der Waals surface area contributed by atoms with E-state index in [1.807, 2.05) is 0 Å². The molecule has 0 spiro atoms. The van der Waals surface area contributed by atoms with Crippen LogP contribution in [0.1, 0.15) is 27.2 Å². The van der Waals surface area contributed by atoms with Crippen LogP contribution in [0.15, 0.2) is 0 Å². The van der Waals surface area contributed by atoms with Gasteiger partial charge in [0.05, 0.1) is 13.2 Å². The zero-order chi connectivity index (χ0) is 11.5. The van der Waals surface area contributed by atoms with Crippen molar-refractivity contribution in [1.82, 2.24) is 4.90 Å². The van der Waals surface area contributed by atoms with E-state index in [4.69, 9.17) is 10.5 Å². The summed E-state index contributed by atoms with van der Waals surface area (Å²) in [5, 5.41) is 0. The number of primary amides is 1. The first-order valence-corrected chi connectivity index (χ1v) is 5.51. The normalized spacial score (nSPS) is 24.1. The number of hydrogen-bond donors (Lipinski definition) is 1. The minimum Gasteiger partial charge on any atom is -0.378 e. The molecule has 15 heavy (non-hydrogen) atoms. The smallest absolute Gasteiger partial charge is 0.237 e. The van der Waals surface area contributed by atoms with Crippen LogP contribution in [-0.4, -0.2) is 43.2 Å². The van der Waals surface area contributed by atoms with Gasteiger partial charge in [0.25, 0.3) is 0 Å². The molecule has 0 aromatic carbocycles. The quantitative estimate of drug-likeness (QED) is 0.749. The molecule has 4 heteroatoms. The van der Waals surface area contributed by atoms with E-state index < -0.39 is 0 Å². The molecule has 1 rings (SSSR count). The van der Waals surface area contributed by atoms with Crippen molar-refractivity contribution in [1.29, 1.82) is 0 Å². The highest BCUT2D eigenvalue weighted by atomic mass is 16.5. The number of nitrogens with two attached hydrogens (primary N) is 1. The van der Waals surface area contributed by atoms with E-state index in [1.54, 1.807) is 0 Å². The Kier molecular flexibility index (Phi) is 4.11. The first-order valence-electron chi connectivity index (χ1n) is 5.51. The topological polar surface area (TPSA) is 55.6 Å². The number of carbonyl (C=O) groups is 1. The minimum absolute atomic E-state index is 0.235. The summed E-state index contributed by atoms with van der Waals surface area (Å²) in [7, 11) is 0. The zero-order valence-electron chi connectivity index (χ0n) is 9.95. The molecule has 88 valence electrons. The summed E-state index contributed by atoms with van der Waals surface area (Å²) in [6.45, 7) is 9.48. The number of amides is 1. The molecule has 1 heterocycles. The monoisotopic (exact) mass is 214 g/mol. The lowest BCUT2D eigenvalue weighted by Gasteiger charge is -2.35. The summed E-state index contributed by atoms with van der Waals surface area (Å²) in [5.74, 6) is -0.274. The van der Waals surface area contributed by atoms with Crippen molar-refractivity contribution in [3.63, 3.8) is 0 Å². The largest absolute Gasteiger partial charge is 0.378 e. The Morgan fingerprint density at radius 3 is 2.73 bits per heavy atom. The Bertz CT molecular complexity index is 223. The number of rotatable bonds is 3. The molecule has 0 unspecified atom stereocenters. The van der Waals surface area contributed by atoms with Crippen LogP contribution in [0, 0.1) is 5.41 Å². The van der Waals surface area contributed by atoms with E-state index in [2.05, 4.69) is 25.7 Å². The van der Waals surface area contributed by atoms with Gasteiger partial charge in [-0.25, -0.2) is 0 Å². The third-order valence-electron chi connectivity index (χ3n) is 2.72. The van der Waals surface area contributed by atoms with Crippen molar-refractivity contribution in [2.75, 3.05) is 26.3 Å². The molecular formula is C11H22N2O2. The van der Waals surface area contributed by atoms with Gasteiger partial charge in [-0.3, -0.25) is 9.69 Å². The maximum atomic E-state index is 11.2. The van der Waals surface area contributed by atoms with Crippen LogP contribution in [0.4, 0.5) is 0 Å². The Morgan fingerprint density at radius 1 is 1.53 bits per heavy atom. The maximum absolute atomic E-state index is 11.2. The zero-order valence-corrected chi connectivity index (χ0v) is 9.95. The summed E-state index contributed by atoms with van der Waals surface area (Å²) < 4.78 is 5.26. The predicted octanol–water partition coefficient (Wildman–Crippen LogP) is 0.609. The van der Waals surface area contributed by atoms with Gasteiger partial charge in [0.15, 0.2) is 0 Å². The van der Waals surface area contributed by atoms with Crippen molar-refractivity contribution in [3.05, 3.63) is 0 Å². The third kappa shape index (κ3) is 4.18. The van der Waals surface area contributed by atoms with Gasteiger partial charge in [0.1, 0.15) is 6.04 Å². The second-order valence-electron chi connectivity index (χ2n) is 5.34. The van der Waals surface area contributed by atoms with E-state index in [-0.39, 0.29) is 11.9 Å². The van der Waals surface area contributed by atoms with Crippen LogP contribution >= 0.6 is 0 Å². The maximum Gasteiger partial charge on any atom is 0.237 e. The first-order chi connectivity index (χ1) is 6.90. The standard InChI is InChI=1S/C11H22N2O2/c1-11(2,3)4-5-13-6-7-15-8-9(13)10(12)14/h9H,4-8H2,1-3H3,(H2,12,14)/t9-/m0/s1. The van der Waals surface area contributed by atoms with Crippen LogP contribution in [0.2, 0.25) is 0 Å². The molecule has 1 fully saturated rings. The second kappa shape index (κ2) is 4.94. The van der Waals surface area contributed by atoms with Crippen molar-refractivity contribution < 1.29 is 9.53 Å². The summed E-state index contributed by atoms with van der Waals surface area (Å²) in [6.07, 6.45) is 1.07. The van der Waals surface area contributed by atoms with Crippen LogP contribution in [-0.2, 0) is 9.53 Å². The summed E-state index contributed by atoms with van der Waals surface area (Å²) in [5.41, 5.74) is 5.63. The van der Waals surface area contributed by atoms with Gasteiger partial charge in [0.2, 0.25) is 5.91 Å². The summed E-state index contributed by atoms with van der Waals surface area (Å²) >= 11 is 0. The second-order valence-corrected chi connectivity index (χ2v) is 5.34. The predicted molar refractivity (Wildman–Crippen MR) is 59.4 cm³/mol. The highest BCUT2D eigenvalue weighted by molar-refractivity contribution is 5.80. The molecule has 0 radical (unpaired) electrons. The molecule has 1 saturated heterocycles. The van der Waals surface area contributed by atoms with E-state index in [0.717, 1.165) is 19.5 Å². The number of carbonyl (C=O) groups excluding carboxylic acids is 1. The third-order valence-corrected chi connectivity index (χ3v) is 2.72. The Hall–Kier alpha value is -0.610.